The number of nitrogens with zero attached hydrogens (tertiary/aromatic N) is 4. The molecule has 1 saturated carbocycles. The summed E-state index contributed by atoms with van der Waals surface area (Å²) in [5, 5.41) is 9.14. The smallest absolute Gasteiger partial charge is 0.181 e. The molecule has 2 aromatic heterocycles. The Labute approximate surface area is 123 Å². The predicted octanol–water partition coefficient (Wildman–Crippen LogP) is 2.97. The molecule has 2 aromatic rings. The van der Waals surface area contributed by atoms with Gasteiger partial charge in [-0.2, -0.15) is 0 Å². The van der Waals surface area contributed by atoms with Gasteiger partial charge in [-0.25, -0.2) is 9.97 Å². The molecular formula is C11H13N5S3. The number of aromatic nitrogens is 4. The Bertz CT molecular complexity index is 608. The molecule has 2 heterocycles. The van der Waals surface area contributed by atoms with Gasteiger partial charge in [0.05, 0.1) is 0 Å². The number of thioether (sulfide) groups is 1. The first kappa shape index (κ1) is 13.1. The van der Waals surface area contributed by atoms with E-state index in [0.29, 0.717) is 11.7 Å². The lowest BCUT2D eigenvalue weighted by Crippen LogP contribution is -2.03. The van der Waals surface area contributed by atoms with E-state index in [0.717, 1.165) is 25.1 Å². The summed E-state index contributed by atoms with van der Waals surface area (Å²) in [6.07, 6.45) is 4.33. The Morgan fingerprint density at radius 2 is 1.95 bits per heavy atom. The molecule has 1 fully saturated rings. The van der Waals surface area contributed by atoms with Crippen molar-refractivity contribution in [1.82, 2.24) is 20.2 Å². The Morgan fingerprint density at radius 1 is 1.21 bits per heavy atom. The lowest BCUT2D eigenvalue weighted by atomic mass is 10.3. The molecule has 2 N–H and O–H groups in total. The van der Waals surface area contributed by atoms with Crippen molar-refractivity contribution in [2.75, 3.05) is 12.0 Å². The van der Waals surface area contributed by atoms with Gasteiger partial charge in [0.25, 0.3) is 0 Å². The van der Waals surface area contributed by atoms with Crippen molar-refractivity contribution in [3.8, 4) is 0 Å². The molecule has 0 unspecified atom stereocenters. The van der Waals surface area contributed by atoms with E-state index < -0.39 is 0 Å². The van der Waals surface area contributed by atoms with E-state index in [2.05, 4.69) is 20.2 Å². The maximum Gasteiger partial charge on any atom is 0.181 e. The summed E-state index contributed by atoms with van der Waals surface area (Å²) < 4.78 is 1.86. The zero-order valence-corrected chi connectivity index (χ0v) is 13.0. The second kappa shape index (κ2) is 5.26. The van der Waals surface area contributed by atoms with Crippen LogP contribution in [0, 0.1) is 6.92 Å². The highest BCUT2D eigenvalue weighted by atomic mass is 32.2. The summed E-state index contributed by atoms with van der Waals surface area (Å²) in [7, 11) is 0. The van der Waals surface area contributed by atoms with Gasteiger partial charge >= 0.3 is 0 Å². The molecule has 0 amide bonds. The second-order valence-corrected chi connectivity index (χ2v) is 7.58. The van der Waals surface area contributed by atoms with Crippen LogP contribution in [-0.2, 0) is 0 Å². The summed E-state index contributed by atoms with van der Waals surface area (Å²) in [5.41, 5.74) is 6.90. The zero-order chi connectivity index (χ0) is 13.4. The van der Waals surface area contributed by atoms with Crippen LogP contribution in [0.1, 0.15) is 30.1 Å². The molecular weight excluding hydrogens is 298 g/mol. The van der Waals surface area contributed by atoms with Gasteiger partial charge in [0.1, 0.15) is 16.7 Å². The number of nitrogens with two attached hydrogens (primary N) is 1. The Morgan fingerprint density at radius 3 is 2.58 bits per heavy atom. The summed E-state index contributed by atoms with van der Waals surface area (Å²) in [5.74, 6) is 1.95. The van der Waals surface area contributed by atoms with Gasteiger partial charge in [0.15, 0.2) is 8.68 Å². The van der Waals surface area contributed by atoms with Crippen molar-refractivity contribution in [3.05, 3.63) is 11.4 Å². The van der Waals surface area contributed by atoms with Crippen molar-refractivity contribution < 1.29 is 0 Å². The molecule has 0 spiro atoms. The number of hydrogen-bond donors (Lipinski definition) is 1. The molecule has 0 aliphatic heterocycles. The quantitative estimate of drug-likeness (QED) is 0.687. The summed E-state index contributed by atoms with van der Waals surface area (Å²) in [6.45, 7) is 1.95. The van der Waals surface area contributed by atoms with Crippen LogP contribution in [0.25, 0.3) is 0 Å². The first-order valence-electron chi connectivity index (χ1n) is 5.86. The number of hydrogen-bond acceptors (Lipinski definition) is 8. The van der Waals surface area contributed by atoms with Crippen LogP contribution < -0.4 is 5.73 Å². The monoisotopic (exact) mass is 311 g/mol. The van der Waals surface area contributed by atoms with E-state index >= 15 is 0 Å². The Balaban J connectivity index is 1.90. The van der Waals surface area contributed by atoms with Gasteiger partial charge in [0, 0.05) is 11.5 Å². The summed E-state index contributed by atoms with van der Waals surface area (Å²) >= 11 is 4.70. The normalized spacial score (nSPS) is 14.8. The average Bonchev–Trinajstić information content (AvgIpc) is 3.15. The van der Waals surface area contributed by atoms with Crippen molar-refractivity contribution in [2.24, 2.45) is 0 Å². The average molecular weight is 311 g/mol. The van der Waals surface area contributed by atoms with E-state index in [4.69, 9.17) is 5.73 Å². The van der Waals surface area contributed by atoms with Crippen LogP contribution >= 0.6 is 34.9 Å². The highest BCUT2D eigenvalue weighted by Gasteiger charge is 2.28. The lowest BCUT2D eigenvalue weighted by molar-refractivity contribution is 0.866. The molecule has 1 aliphatic rings. The SMILES string of the molecule is CSc1nnc(Sc2nc(C3CC3)nc(N)c2C)s1. The van der Waals surface area contributed by atoms with Crippen LogP contribution in [0.3, 0.4) is 0 Å². The fraction of sp³-hybridized carbons (Fsp3) is 0.455. The highest BCUT2D eigenvalue weighted by Crippen LogP contribution is 2.41. The van der Waals surface area contributed by atoms with Crippen LogP contribution in [0.4, 0.5) is 5.82 Å². The van der Waals surface area contributed by atoms with Crippen LogP contribution in [0.15, 0.2) is 13.7 Å². The number of rotatable bonds is 4. The minimum Gasteiger partial charge on any atom is -0.383 e. The third kappa shape index (κ3) is 2.85. The molecule has 100 valence electrons. The minimum absolute atomic E-state index is 0.499. The predicted molar refractivity (Wildman–Crippen MR) is 79.0 cm³/mol. The first-order valence-corrected chi connectivity index (χ1v) is 8.72. The van der Waals surface area contributed by atoms with Crippen molar-refractivity contribution in [1.29, 1.82) is 0 Å². The van der Waals surface area contributed by atoms with Crippen LogP contribution in [-0.4, -0.2) is 26.4 Å². The number of anilines is 1. The van der Waals surface area contributed by atoms with Gasteiger partial charge in [-0.05, 0) is 37.8 Å². The third-order valence-corrected chi connectivity index (χ3v) is 5.89. The maximum absolute atomic E-state index is 5.97. The van der Waals surface area contributed by atoms with E-state index in [-0.39, 0.29) is 0 Å². The van der Waals surface area contributed by atoms with Crippen LogP contribution in [0.2, 0.25) is 0 Å². The molecule has 0 aromatic carbocycles. The van der Waals surface area contributed by atoms with Gasteiger partial charge in [-0.15, -0.1) is 10.2 Å². The molecule has 0 atom stereocenters. The first-order chi connectivity index (χ1) is 9.17. The molecule has 3 rings (SSSR count). The fourth-order valence-electron chi connectivity index (χ4n) is 1.56. The largest absolute Gasteiger partial charge is 0.383 e. The molecule has 0 radical (unpaired) electrons. The third-order valence-electron chi connectivity index (χ3n) is 2.85. The number of nitrogen functional groups attached to an aromatic ring is 1. The molecule has 0 saturated heterocycles. The van der Waals surface area contributed by atoms with Gasteiger partial charge < -0.3 is 5.73 Å². The van der Waals surface area contributed by atoms with E-state index in [1.54, 1.807) is 23.1 Å². The summed E-state index contributed by atoms with van der Waals surface area (Å²) in [4.78, 5) is 9.00. The molecule has 0 bridgehead atoms. The van der Waals surface area contributed by atoms with Crippen molar-refractivity contribution >= 4 is 40.7 Å². The zero-order valence-electron chi connectivity index (χ0n) is 10.6. The fourth-order valence-corrected chi connectivity index (χ4v) is 4.00. The van der Waals surface area contributed by atoms with Crippen LogP contribution in [0.5, 0.6) is 0 Å². The molecule has 5 nitrogen and oxygen atoms in total. The minimum atomic E-state index is 0.499. The van der Waals surface area contributed by atoms with Crippen molar-refractivity contribution in [3.63, 3.8) is 0 Å². The molecule has 8 heteroatoms. The Kier molecular flexibility index (Phi) is 3.64. The summed E-state index contributed by atoms with van der Waals surface area (Å²) in [6, 6.07) is 0. The van der Waals surface area contributed by atoms with Gasteiger partial charge in [0.2, 0.25) is 0 Å². The lowest BCUT2D eigenvalue weighted by Gasteiger charge is -2.07. The molecule has 19 heavy (non-hydrogen) atoms. The Hall–Kier alpha value is -0.860. The standard InChI is InChI=1S/C11H13N5S3/c1-5-7(12)13-8(6-3-4-6)14-9(5)18-11-16-15-10(17-2)19-11/h6H,3-4H2,1-2H3,(H2,12,13,14). The second-order valence-electron chi connectivity index (χ2n) is 4.31. The van der Waals surface area contributed by atoms with Gasteiger partial charge in [-0.3, -0.25) is 0 Å². The highest BCUT2D eigenvalue weighted by molar-refractivity contribution is 8.03. The van der Waals surface area contributed by atoms with E-state index in [1.165, 1.54) is 24.6 Å². The molecule has 1 aliphatic carbocycles. The van der Waals surface area contributed by atoms with Crippen molar-refractivity contribution in [2.45, 2.75) is 39.4 Å². The van der Waals surface area contributed by atoms with E-state index in [9.17, 15) is 0 Å². The topological polar surface area (TPSA) is 77.6 Å². The van der Waals surface area contributed by atoms with E-state index in [1.807, 2.05) is 13.2 Å². The van der Waals surface area contributed by atoms with Gasteiger partial charge in [-0.1, -0.05) is 23.1 Å². The maximum atomic E-state index is 5.97.